The lowest BCUT2D eigenvalue weighted by Crippen LogP contribution is -2.39. The van der Waals surface area contributed by atoms with Crippen LogP contribution in [-0.4, -0.2) is 41.9 Å². The van der Waals surface area contributed by atoms with E-state index in [4.69, 9.17) is 0 Å². The maximum absolute atomic E-state index is 13.9. The summed E-state index contributed by atoms with van der Waals surface area (Å²) >= 11 is 0. The molecule has 2 aromatic carbocycles. The predicted octanol–water partition coefficient (Wildman–Crippen LogP) is 3.61. The van der Waals surface area contributed by atoms with Crippen molar-refractivity contribution < 1.29 is 17.6 Å². The summed E-state index contributed by atoms with van der Waals surface area (Å²) < 4.78 is 43.8. The average Bonchev–Trinajstić information content (AvgIpc) is 3.30. The lowest BCUT2D eigenvalue weighted by molar-refractivity contribution is 0.0693. The molecule has 0 radical (unpaired) electrons. The van der Waals surface area contributed by atoms with Crippen LogP contribution in [0.15, 0.2) is 66.1 Å². The molecule has 2 heterocycles. The number of para-hydroxylation sites is 1. The smallest absolute Gasteiger partial charge is 0.262 e. The first-order valence-electron chi connectivity index (χ1n) is 10.00. The molecule has 0 spiro atoms. The molecule has 162 valence electrons. The number of aromatic nitrogens is 2. The van der Waals surface area contributed by atoms with Crippen molar-refractivity contribution in [3.63, 3.8) is 0 Å². The molecular formula is C22H23FN4O3S. The second-order valence-corrected chi connectivity index (χ2v) is 9.28. The molecule has 0 bridgehead atoms. The van der Waals surface area contributed by atoms with Gasteiger partial charge in [-0.3, -0.25) is 9.52 Å². The Morgan fingerprint density at radius 3 is 2.58 bits per heavy atom. The van der Waals surface area contributed by atoms with Gasteiger partial charge < -0.3 is 9.47 Å². The Bertz CT molecular complexity index is 1190. The van der Waals surface area contributed by atoms with E-state index < -0.39 is 15.8 Å². The zero-order chi connectivity index (χ0) is 22.0. The average molecular weight is 443 g/mol. The van der Waals surface area contributed by atoms with E-state index in [1.165, 1.54) is 30.3 Å². The molecular weight excluding hydrogens is 419 g/mol. The SMILES string of the molecule is Cc1ccc(S(=O)(=O)Nc2ccccc2F)cc1C(=O)N1CCC(n2ccnc2)CC1. The molecule has 9 heteroatoms. The monoisotopic (exact) mass is 442 g/mol. The van der Waals surface area contributed by atoms with Crippen molar-refractivity contribution in [3.05, 3.63) is 78.1 Å². The Morgan fingerprint density at radius 2 is 1.90 bits per heavy atom. The number of rotatable bonds is 5. The number of likely N-dealkylation sites (tertiary alicyclic amines) is 1. The fraction of sp³-hybridized carbons (Fsp3) is 0.273. The van der Waals surface area contributed by atoms with E-state index in [0.717, 1.165) is 12.8 Å². The van der Waals surface area contributed by atoms with Crippen molar-refractivity contribution in [2.75, 3.05) is 17.8 Å². The largest absolute Gasteiger partial charge is 0.338 e. The lowest BCUT2D eigenvalue weighted by atomic mass is 10.0. The number of benzene rings is 2. The van der Waals surface area contributed by atoms with Crippen molar-refractivity contribution in [3.8, 4) is 0 Å². The first-order chi connectivity index (χ1) is 14.8. The summed E-state index contributed by atoms with van der Waals surface area (Å²) in [6.07, 6.45) is 7.04. The van der Waals surface area contributed by atoms with E-state index in [-0.39, 0.29) is 16.5 Å². The Morgan fingerprint density at radius 1 is 1.16 bits per heavy atom. The van der Waals surface area contributed by atoms with Gasteiger partial charge in [-0.2, -0.15) is 0 Å². The highest BCUT2D eigenvalue weighted by Crippen LogP contribution is 2.26. The fourth-order valence-corrected chi connectivity index (χ4v) is 4.86. The van der Waals surface area contributed by atoms with Gasteiger partial charge in [-0.15, -0.1) is 0 Å². The highest BCUT2D eigenvalue weighted by atomic mass is 32.2. The molecule has 7 nitrogen and oxygen atoms in total. The van der Waals surface area contributed by atoms with Gasteiger partial charge >= 0.3 is 0 Å². The van der Waals surface area contributed by atoms with Gasteiger partial charge in [0.05, 0.1) is 16.9 Å². The third-order valence-electron chi connectivity index (χ3n) is 5.57. The topological polar surface area (TPSA) is 84.3 Å². The van der Waals surface area contributed by atoms with Crippen molar-refractivity contribution >= 4 is 21.6 Å². The van der Waals surface area contributed by atoms with Crippen LogP contribution in [0.2, 0.25) is 0 Å². The zero-order valence-corrected chi connectivity index (χ0v) is 17.8. The van der Waals surface area contributed by atoms with Gasteiger partial charge in [0.15, 0.2) is 0 Å². The molecule has 0 aliphatic carbocycles. The van der Waals surface area contributed by atoms with Gasteiger partial charge in [0.25, 0.3) is 15.9 Å². The number of sulfonamides is 1. The first-order valence-corrected chi connectivity index (χ1v) is 11.5. The van der Waals surface area contributed by atoms with Crippen LogP contribution in [0, 0.1) is 12.7 Å². The van der Waals surface area contributed by atoms with Crippen LogP contribution in [0.4, 0.5) is 10.1 Å². The van der Waals surface area contributed by atoms with Crippen LogP contribution in [0.5, 0.6) is 0 Å². The normalized spacial score (nSPS) is 15.1. The minimum absolute atomic E-state index is 0.0852. The summed E-state index contributed by atoms with van der Waals surface area (Å²) in [7, 11) is -4.05. The molecule has 1 aliphatic heterocycles. The molecule has 0 unspecified atom stereocenters. The summed E-state index contributed by atoms with van der Waals surface area (Å²) in [5, 5.41) is 0. The number of imidazole rings is 1. The van der Waals surface area contributed by atoms with Crippen molar-refractivity contribution in [1.29, 1.82) is 0 Å². The van der Waals surface area contributed by atoms with Gasteiger partial charge in [0, 0.05) is 37.1 Å². The molecule has 1 N–H and O–H groups in total. The Labute approximate surface area is 180 Å². The number of hydrogen-bond donors (Lipinski definition) is 1. The number of aryl methyl sites for hydroxylation is 1. The molecule has 31 heavy (non-hydrogen) atoms. The quantitative estimate of drug-likeness (QED) is 0.654. The molecule has 0 saturated carbocycles. The molecule has 1 aromatic heterocycles. The third kappa shape index (κ3) is 4.46. The summed E-state index contributed by atoms with van der Waals surface area (Å²) in [6, 6.07) is 10.2. The minimum atomic E-state index is -4.05. The van der Waals surface area contributed by atoms with Gasteiger partial charge in [-0.1, -0.05) is 18.2 Å². The number of nitrogens with zero attached hydrogens (tertiary/aromatic N) is 3. The van der Waals surface area contributed by atoms with E-state index >= 15 is 0 Å². The maximum atomic E-state index is 13.9. The lowest BCUT2D eigenvalue weighted by Gasteiger charge is -2.33. The van der Waals surface area contributed by atoms with Crippen LogP contribution >= 0.6 is 0 Å². The molecule has 4 rings (SSSR count). The minimum Gasteiger partial charge on any atom is -0.338 e. The molecule has 1 aliphatic rings. The van der Waals surface area contributed by atoms with Crippen LogP contribution in [0.25, 0.3) is 0 Å². The van der Waals surface area contributed by atoms with E-state index in [1.807, 2.05) is 6.20 Å². The van der Waals surface area contributed by atoms with E-state index in [0.29, 0.717) is 30.3 Å². The maximum Gasteiger partial charge on any atom is 0.262 e. The van der Waals surface area contributed by atoms with Gasteiger partial charge in [0.2, 0.25) is 0 Å². The number of amides is 1. The van der Waals surface area contributed by atoms with E-state index in [9.17, 15) is 17.6 Å². The predicted molar refractivity (Wildman–Crippen MR) is 115 cm³/mol. The molecule has 1 saturated heterocycles. The summed E-state index contributed by atoms with van der Waals surface area (Å²) in [5.41, 5.74) is 0.876. The van der Waals surface area contributed by atoms with E-state index in [2.05, 4.69) is 14.3 Å². The molecule has 1 amide bonds. The number of anilines is 1. The first kappa shape index (κ1) is 21.0. The van der Waals surface area contributed by atoms with Crippen molar-refractivity contribution in [1.82, 2.24) is 14.5 Å². The van der Waals surface area contributed by atoms with Gasteiger partial charge in [-0.05, 0) is 49.6 Å². The van der Waals surface area contributed by atoms with E-state index in [1.54, 1.807) is 36.5 Å². The van der Waals surface area contributed by atoms with Gasteiger partial charge in [-0.25, -0.2) is 17.8 Å². The Balaban J connectivity index is 1.52. The highest BCUT2D eigenvalue weighted by Gasteiger charge is 2.26. The molecule has 0 atom stereocenters. The Kier molecular flexibility index (Phi) is 5.77. The van der Waals surface area contributed by atoms with Crippen LogP contribution in [0.1, 0.15) is 34.8 Å². The molecule has 1 fully saturated rings. The fourth-order valence-electron chi connectivity index (χ4n) is 3.77. The second-order valence-electron chi connectivity index (χ2n) is 7.60. The number of halogens is 1. The zero-order valence-electron chi connectivity index (χ0n) is 17.0. The number of piperidine rings is 1. The summed E-state index contributed by atoms with van der Waals surface area (Å²) in [4.78, 5) is 18.9. The van der Waals surface area contributed by atoms with Crippen molar-refractivity contribution in [2.24, 2.45) is 0 Å². The number of carbonyl (C=O) groups excluding carboxylic acids is 1. The standard InChI is InChI=1S/C22H23FN4O3S/c1-16-6-7-18(31(29,30)25-21-5-3-2-4-20(21)23)14-19(16)22(28)26-11-8-17(9-12-26)27-13-10-24-15-27/h2-7,10,13-15,17,25H,8-9,11-12H2,1H3. The van der Waals surface area contributed by atoms with Crippen LogP contribution < -0.4 is 4.72 Å². The summed E-state index contributed by atoms with van der Waals surface area (Å²) in [6.45, 7) is 2.92. The third-order valence-corrected chi connectivity index (χ3v) is 6.93. The number of nitrogens with one attached hydrogen (secondary N) is 1. The molecule has 3 aromatic rings. The number of carbonyl (C=O) groups is 1. The van der Waals surface area contributed by atoms with Gasteiger partial charge in [0.1, 0.15) is 5.82 Å². The summed E-state index contributed by atoms with van der Waals surface area (Å²) in [5.74, 6) is -0.875. The number of hydrogen-bond acceptors (Lipinski definition) is 4. The highest BCUT2D eigenvalue weighted by molar-refractivity contribution is 7.92. The second kappa shape index (κ2) is 8.50. The Hall–Kier alpha value is -3.20. The van der Waals surface area contributed by atoms with Crippen LogP contribution in [-0.2, 0) is 10.0 Å². The van der Waals surface area contributed by atoms with Crippen LogP contribution in [0.3, 0.4) is 0 Å². The van der Waals surface area contributed by atoms with Crippen molar-refractivity contribution in [2.45, 2.75) is 30.7 Å².